The van der Waals surface area contributed by atoms with Crippen LogP contribution in [0.5, 0.6) is 0 Å². The lowest BCUT2D eigenvalue weighted by Gasteiger charge is -2.25. The molecule has 0 fully saturated rings. The van der Waals surface area contributed by atoms with E-state index in [1.54, 1.807) is 0 Å². The predicted octanol–water partition coefficient (Wildman–Crippen LogP) is 14.1. The van der Waals surface area contributed by atoms with E-state index >= 15 is 0 Å². The zero-order valence-corrected chi connectivity index (χ0v) is 34.0. The molecule has 0 saturated carbocycles. The van der Waals surface area contributed by atoms with Crippen LogP contribution in [-0.2, 0) is 0 Å². The van der Waals surface area contributed by atoms with Crippen LogP contribution in [0.25, 0.3) is 93.5 Å². The average molecular weight is 808 g/mol. The van der Waals surface area contributed by atoms with E-state index < -0.39 is 6.17 Å². The molecular weight excluding hydrogens is 771 g/mol. The van der Waals surface area contributed by atoms with Gasteiger partial charge in [-0.3, -0.25) is 4.57 Å². The summed E-state index contributed by atoms with van der Waals surface area (Å²) in [5, 5.41) is 10.5. The highest BCUT2D eigenvalue weighted by Crippen LogP contribution is 2.42. The molecule has 13 rings (SSSR count). The maximum absolute atomic E-state index is 6.36. The van der Waals surface area contributed by atoms with Crippen molar-refractivity contribution in [2.75, 3.05) is 0 Å². The molecule has 1 aliphatic rings. The first-order chi connectivity index (χ1) is 31.2. The van der Waals surface area contributed by atoms with Crippen molar-refractivity contribution in [2.24, 2.45) is 9.98 Å². The second kappa shape index (κ2) is 14.0. The first-order valence-corrected chi connectivity index (χ1v) is 21.4. The van der Waals surface area contributed by atoms with Gasteiger partial charge in [0.25, 0.3) is 0 Å². The van der Waals surface area contributed by atoms with Gasteiger partial charge in [-0.1, -0.05) is 164 Å². The van der Waals surface area contributed by atoms with Crippen LogP contribution in [0.2, 0.25) is 0 Å². The molecule has 4 heterocycles. The van der Waals surface area contributed by atoms with E-state index in [4.69, 9.17) is 14.4 Å². The molecule has 1 N–H and O–H groups in total. The number of nitrogens with zero attached hydrogens (tertiary/aromatic N) is 4. The monoisotopic (exact) mass is 807 g/mol. The summed E-state index contributed by atoms with van der Waals surface area (Å²) in [7, 11) is 0. The molecule has 9 aromatic carbocycles. The number of nitrogens with one attached hydrogen (secondary N) is 1. The summed E-state index contributed by atoms with van der Waals surface area (Å²) < 4.78 is 11.1. The summed E-state index contributed by atoms with van der Waals surface area (Å²) in [6.07, 6.45) is -0.398. The first-order valence-electron chi connectivity index (χ1n) is 21.4. The zero-order valence-electron chi connectivity index (χ0n) is 34.0. The smallest absolute Gasteiger partial charge is 0.211 e. The van der Waals surface area contributed by atoms with Gasteiger partial charge in [-0.25, -0.2) is 4.99 Å². The van der Waals surface area contributed by atoms with Crippen molar-refractivity contribution in [3.63, 3.8) is 0 Å². The molecule has 1 atom stereocenters. The Kier molecular flexibility index (Phi) is 7.87. The number of furan rings is 1. The van der Waals surface area contributed by atoms with Gasteiger partial charge >= 0.3 is 0 Å². The number of fused-ring (bicyclic) bond motifs is 9. The Morgan fingerprint density at radius 2 is 1.02 bits per heavy atom. The van der Waals surface area contributed by atoms with Crippen molar-refractivity contribution < 1.29 is 4.42 Å². The molecule has 1 unspecified atom stereocenters. The van der Waals surface area contributed by atoms with Crippen molar-refractivity contribution >= 4 is 77.3 Å². The number of aliphatic imine (C=N–C) groups is 2. The number of benzene rings is 9. The van der Waals surface area contributed by atoms with Gasteiger partial charge in [0.2, 0.25) is 5.96 Å². The predicted molar refractivity (Wildman–Crippen MR) is 260 cm³/mol. The second-order valence-electron chi connectivity index (χ2n) is 16.2. The summed E-state index contributed by atoms with van der Waals surface area (Å²) in [5.41, 5.74) is 13.8. The van der Waals surface area contributed by atoms with E-state index in [2.05, 4.69) is 196 Å². The third kappa shape index (κ3) is 5.58. The minimum Gasteiger partial charge on any atom is -0.456 e. The van der Waals surface area contributed by atoms with Crippen LogP contribution in [0.3, 0.4) is 0 Å². The lowest BCUT2D eigenvalue weighted by molar-refractivity contribution is 0.661. The molecule has 12 aromatic rings. The molecule has 0 bridgehead atoms. The van der Waals surface area contributed by atoms with Gasteiger partial charge in [0.15, 0.2) is 5.84 Å². The van der Waals surface area contributed by atoms with E-state index in [-0.39, 0.29) is 0 Å². The number of rotatable bonds is 5. The lowest BCUT2D eigenvalue weighted by Crippen LogP contribution is -2.37. The summed E-state index contributed by atoms with van der Waals surface area (Å²) in [5.74, 6) is 1.34. The molecule has 0 spiro atoms. The van der Waals surface area contributed by atoms with Crippen molar-refractivity contribution in [1.82, 2.24) is 14.5 Å². The molecule has 3 aromatic heterocycles. The molecule has 0 aliphatic carbocycles. The molecule has 6 nitrogen and oxygen atoms in total. The fourth-order valence-electron chi connectivity index (χ4n) is 9.75. The fraction of sp³-hybridized carbons (Fsp3) is 0.0175. The Bertz CT molecular complexity index is 3820. The largest absolute Gasteiger partial charge is 0.456 e. The summed E-state index contributed by atoms with van der Waals surface area (Å²) >= 11 is 0. The molecule has 0 radical (unpaired) electrons. The fourth-order valence-corrected chi connectivity index (χ4v) is 9.75. The van der Waals surface area contributed by atoms with Gasteiger partial charge < -0.3 is 14.3 Å². The molecule has 6 heteroatoms. The van der Waals surface area contributed by atoms with Crippen LogP contribution >= 0.6 is 0 Å². The van der Waals surface area contributed by atoms with E-state index in [1.165, 1.54) is 21.9 Å². The third-order valence-corrected chi connectivity index (χ3v) is 12.6. The van der Waals surface area contributed by atoms with Crippen LogP contribution in [0.4, 0.5) is 0 Å². The Morgan fingerprint density at radius 1 is 0.413 bits per heavy atom. The quantitative estimate of drug-likeness (QED) is 0.188. The molecule has 0 saturated heterocycles. The highest BCUT2D eigenvalue weighted by molar-refractivity contribution is 6.24. The number of hydrogen-bond donors (Lipinski definition) is 1. The summed E-state index contributed by atoms with van der Waals surface area (Å²) in [6, 6.07) is 75.2. The highest BCUT2D eigenvalue weighted by atomic mass is 16.3. The van der Waals surface area contributed by atoms with Crippen LogP contribution in [0.15, 0.2) is 227 Å². The molecule has 1 aliphatic heterocycles. The van der Waals surface area contributed by atoms with Gasteiger partial charge in [-0.15, -0.1) is 0 Å². The van der Waals surface area contributed by atoms with Gasteiger partial charge in [0.1, 0.15) is 17.3 Å². The van der Waals surface area contributed by atoms with E-state index in [9.17, 15) is 0 Å². The lowest BCUT2D eigenvalue weighted by atomic mass is 9.97. The average Bonchev–Trinajstić information content (AvgIpc) is 4.01. The minimum absolute atomic E-state index is 0.398. The minimum atomic E-state index is -0.398. The van der Waals surface area contributed by atoms with Crippen LogP contribution in [0, 0.1) is 0 Å². The molecule has 63 heavy (non-hydrogen) atoms. The Hall–Kier alpha value is -8.48. The van der Waals surface area contributed by atoms with Crippen LogP contribution in [0.1, 0.15) is 17.3 Å². The van der Waals surface area contributed by atoms with Crippen molar-refractivity contribution in [3.05, 3.63) is 223 Å². The van der Waals surface area contributed by atoms with Crippen molar-refractivity contribution in [2.45, 2.75) is 6.17 Å². The Labute approximate surface area is 362 Å². The van der Waals surface area contributed by atoms with Crippen LogP contribution < -0.4 is 5.32 Å². The topological polar surface area (TPSA) is 59.8 Å². The third-order valence-electron chi connectivity index (χ3n) is 12.6. The number of hydrogen-bond acceptors (Lipinski definition) is 4. The number of aromatic nitrogens is 2. The standard InChI is InChI=1S/C57H37N5O/c1-4-17-36(18-5-1)39-31-32-49(44(33-39)37-19-6-2-7-20-37)61-47-27-13-10-23-40(47)45-34-46-41-24-11-14-28-48(41)62(51(46)35-50(45)61)57-59-55(38-21-8-3-9-22-38)58-56(60-57)43-26-16-30-53-54(43)42-25-12-15-29-52(42)63-53/h1-35,55H,(H,58,59,60). The van der Waals surface area contributed by atoms with E-state index in [0.29, 0.717) is 11.8 Å². The van der Waals surface area contributed by atoms with E-state index in [0.717, 1.165) is 82.7 Å². The van der Waals surface area contributed by atoms with Gasteiger partial charge in [-0.2, -0.15) is 4.99 Å². The summed E-state index contributed by atoms with van der Waals surface area (Å²) in [6.45, 7) is 0. The Morgan fingerprint density at radius 3 is 1.76 bits per heavy atom. The van der Waals surface area contributed by atoms with Gasteiger partial charge in [0.05, 0.1) is 27.8 Å². The number of para-hydroxylation sites is 3. The maximum atomic E-state index is 6.36. The summed E-state index contributed by atoms with van der Waals surface area (Å²) in [4.78, 5) is 10.8. The zero-order chi connectivity index (χ0) is 41.4. The Balaban J connectivity index is 1.09. The highest BCUT2D eigenvalue weighted by Gasteiger charge is 2.27. The normalized spacial score (nSPS) is 14.2. The number of amidine groups is 1. The SMILES string of the molecule is c1ccc(-c2ccc(-n3c4ccccc4c4cc5c6ccccc6n(C6=NC(c7cccc8oc9ccccc9c78)=NC(c7ccccc7)N6)c5cc43)c(-c3ccccc3)c2)cc1. The first kappa shape index (κ1) is 35.3. The van der Waals surface area contributed by atoms with Crippen molar-refractivity contribution in [1.29, 1.82) is 0 Å². The van der Waals surface area contributed by atoms with E-state index in [1.807, 2.05) is 30.3 Å². The van der Waals surface area contributed by atoms with Gasteiger partial charge in [0, 0.05) is 43.4 Å². The molecular formula is C57H37N5O. The molecule has 296 valence electrons. The molecule has 0 amide bonds. The second-order valence-corrected chi connectivity index (χ2v) is 16.2. The van der Waals surface area contributed by atoms with Crippen LogP contribution in [-0.4, -0.2) is 20.9 Å². The maximum Gasteiger partial charge on any atom is 0.211 e. The van der Waals surface area contributed by atoms with Gasteiger partial charge in [-0.05, 0) is 70.8 Å². The van der Waals surface area contributed by atoms with Crippen molar-refractivity contribution in [3.8, 4) is 27.9 Å².